The van der Waals surface area contributed by atoms with E-state index in [4.69, 9.17) is 14.2 Å². The number of thiophene rings is 1. The third kappa shape index (κ3) is 5.59. The molecule has 1 N–H and O–H groups in total. The number of carbonyl (C=O) groups excluding carboxylic acids is 3. The molecule has 172 valence electrons. The van der Waals surface area contributed by atoms with Crippen LogP contribution in [0.4, 0.5) is 5.69 Å². The van der Waals surface area contributed by atoms with E-state index in [9.17, 15) is 14.4 Å². The quantitative estimate of drug-likeness (QED) is 0.634. The molecular weight excluding hydrogens is 432 g/mol. The Morgan fingerprint density at radius 3 is 2.44 bits per heavy atom. The number of hydrogen-bond donors (Lipinski definition) is 1. The molecule has 8 nitrogen and oxygen atoms in total. The summed E-state index contributed by atoms with van der Waals surface area (Å²) in [7, 11) is 2.87. The molecule has 0 saturated carbocycles. The van der Waals surface area contributed by atoms with Gasteiger partial charge in [-0.25, -0.2) is 4.79 Å². The number of rotatable bonds is 7. The van der Waals surface area contributed by atoms with Gasteiger partial charge in [0.1, 0.15) is 0 Å². The monoisotopic (exact) mass is 460 g/mol. The van der Waals surface area contributed by atoms with Crippen molar-refractivity contribution in [3.05, 3.63) is 40.1 Å². The molecule has 1 aliphatic heterocycles. The molecule has 2 heterocycles. The predicted molar refractivity (Wildman–Crippen MR) is 122 cm³/mol. The van der Waals surface area contributed by atoms with Crippen molar-refractivity contribution < 1.29 is 28.6 Å². The maximum absolute atomic E-state index is 12.7. The van der Waals surface area contributed by atoms with Crippen LogP contribution in [0.2, 0.25) is 0 Å². The second-order valence-electron chi connectivity index (χ2n) is 8.01. The molecule has 3 rings (SSSR count). The number of ether oxygens (including phenoxy) is 3. The van der Waals surface area contributed by atoms with Crippen molar-refractivity contribution in [3.8, 4) is 11.5 Å². The van der Waals surface area contributed by atoms with Crippen LogP contribution in [0.15, 0.2) is 29.6 Å². The van der Waals surface area contributed by atoms with Gasteiger partial charge in [-0.05, 0) is 41.8 Å². The Hall–Kier alpha value is -3.07. The number of benzene rings is 1. The summed E-state index contributed by atoms with van der Waals surface area (Å²) in [6, 6.07) is 6.37. The Morgan fingerprint density at radius 2 is 1.84 bits per heavy atom. The van der Waals surface area contributed by atoms with Crippen LogP contribution in [-0.2, 0) is 9.53 Å². The van der Waals surface area contributed by atoms with Gasteiger partial charge in [0, 0.05) is 13.1 Å². The molecule has 9 heteroatoms. The van der Waals surface area contributed by atoms with E-state index in [-0.39, 0.29) is 41.2 Å². The van der Waals surface area contributed by atoms with Crippen molar-refractivity contribution in [1.82, 2.24) is 4.90 Å². The second kappa shape index (κ2) is 10.5. The summed E-state index contributed by atoms with van der Waals surface area (Å²) in [6.45, 7) is 5.20. The third-order valence-electron chi connectivity index (χ3n) is 5.26. The summed E-state index contributed by atoms with van der Waals surface area (Å²) in [5, 5.41) is 4.54. The maximum Gasteiger partial charge on any atom is 0.338 e. The molecule has 1 saturated heterocycles. The summed E-state index contributed by atoms with van der Waals surface area (Å²) in [6.07, 6.45) is 1.08. The van der Waals surface area contributed by atoms with Crippen molar-refractivity contribution in [3.63, 3.8) is 0 Å². The van der Waals surface area contributed by atoms with Gasteiger partial charge in [-0.2, -0.15) is 0 Å². The van der Waals surface area contributed by atoms with Gasteiger partial charge in [0.25, 0.3) is 11.8 Å². The second-order valence-corrected chi connectivity index (χ2v) is 8.96. The van der Waals surface area contributed by atoms with Gasteiger partial charge >= 0.3 is 5.97 Å². The number of piperidine rings is 1. The number of nitrogens with one attached hydrogen (secondary N) is 1. The number of nitrogens with zero attached hydrogens (tertiary/aromatic N) is 1. The van der Waals surface area contributed by atoms with E-state index >= 15 is 0 Å². The molecule has 0 unspecified atom stereocenters. The SMILES string of the molecule is COc1cc(C(=O)OCC(=O)N2C[C@H](C)C[C@H](C)C2)cc(NC(=O)c2cccs2)c1OC. The molecule has 2 aromatic rings. The average Bonchev–Trinajstić information content (AvgIpc) is 3.31. The number of carbonyl (C=O) groups is 3. The summed E-state index contributed by atoms with van der Waals surface area (Å²) < 4.78 is 16.0. The lowest BCUT2D eigenvalue weighted by Crippen LogP contribution is -2.44. The number of esters is 1. The minimum absolute atomic E-state index is 0.136. The van der Waals surface area contributed by atoms with Crippen molar-refractivity contribution >= 4 is 34.8 Å². The fourth-order valence-electron chi connectivity index (χ4n) is 3.94. The van der Waals surface area contributed by atoms with Gasteiger partial charge in [-0.3, -0.25) is 9.59 Å². The topological polar surface area (TPSA) is 94.2 Å². The van der Waals surface area contributed by atoms with E-state index in [1.165, 1.54) is 37.7 Å². The van der Waals surface area contributed by atoms with E-state index in [1.54, 1.807) is 22.4 Å². The number of hydrogen-bond acceptors (Lipinski definition) is 7. The van der Waals surface area contributed by atoms with Gasteiger partial charge < -0.3 is 24.4 Å². The zero-order chi connectivity index (χ0) is 23.3. The van der Waals surface area contributed by atoms with Crippen LogP contribution in [0, 0.1) is 11.8 Å². The minimum Gasteiger partial charge on any atom is -0.493 e. The highest BCUT2D eigenvalue weighted by atomic mass is 32.1. The first-order valence-electron chi connectivity index (χ1n) is 10.4. The van der Waals surface area contributed by atoms with Gasteiger partial charge in [0.15, 0.2) is 18.1 Å². The normalized spacial score (nSPS) is 18.1. The number of amides is 2. The van der Waals surface area contributed by atoms with E-state index in [1.807, 2.05) is 0 Å². The minimum atomic E-state index is -0.691. The molecule has 0 bridgehead atoms. The smallest absolute Gasteiger partial charge is 0.338 e. The molecule has 1 fully saturated rings. The standard InChI is InChI=1S/C23H28N2O6S/c1-14-8-15(2)12-25(11-14)20(26)13-31-23(28)16-9-17(21(30-4)18(10-16)29-3)24-22(27)19-6-5-7-32-19/h5-7,9-10,14-15H,8,11-13H2,1-4H3,(H,24,27)/t14-,15+. The first kappa shape index (κ1) is 23.6. The van der Waals surface area contributed by atoms with Crippen LogP contribution in [-0.4, -0.2) is 56.6 Å². The fourth-order valence-corrected chi connectivity index (χ4v) is 4.55. The molecule has 32 heavy (non-hydrogen) atoms. The van der Waals surface area contributed by atoms with Crippen LogP contribution in [0.5, 0.6) is 11.5 Å². The van der Waals surface area contributed by atoms with E-state index < -0.39 is 5.97 Å². The molecular formula is C23H28N2O6S. The summed E-state index contributed by atoms with van der Waals surface area (Å²) >= 11 is 1.29. The zero-order valence-electron chi connectivity index (χ0n) is 18.7. The summed E-state index contributed by atoms with van der Waals surface area (Å²) in [4.78, 5) is 40.0. The highest BCUT2D eigenvalue weighted by molar-refractivity contribution is 7.12. The van der Waals surface area contributed by atoms with Crippen LogP contribution >= 0.6 is 11.3 Å². The Bertz CT molecular complexity index is 965. The Kier molecular flexibility index (Phi) is 7.74. The Balaban J connectivity index is 1.74. The Labute approximate surface area is 191 Å². The predicted octanol–water partition coefficient (Wildman–Crippen LogP) is 3.68. The molecule has 0 aliphatic carbocycles. The molecule has 2 amide bonds. The van der Waals surface area contributed by atoms with Crippen LogP contribution in [0.3, 0.4) is 0 Å². The lowest BCUT2D eigenvalue weighted by atomic mass is 9.92. The zero-order valence-corrected chi connectivity index (χ0v) is 19.5. The van der Waals surface area contributed by atoms with Gasteiger partial charge in [-0.1, -0.05) is 19.9 Å². The van der Waals surface area contributed by atoms with E-state index in [0.29, 0.717) is 29.8 Å². The molecule has 2 atom stereocenters. The van der Waals surface area contributed by atoms with Crippen LogP contribution in [0.1, 0.15) is 40.3 Å². The lowest BCUT2D eigenvalue weighted by molar-refractivity contribution is -0.137. The maximum atomic E-state index is 12.7. The molecule has 1 aromatic carbocycles. The Morgan fingerprint density at radius 1 is 1.12 bits per heavy atom. The van der Waals surface area contributed by atoms with Gasteiger partial charge in [-0.15, -0.1) is 11.3 Å². The number of anilines is 1. The van der Waals surface area contributed by atoms with Crippen LogP contribution < -0.4 is 14.8 Å². The van der Waals surface area contributed by atoms with E-state index in [0.717, 1.165) is 6.42 Å². The first-order valence-corrected chi connectivity index (χ1v) is 11.3. The summed E-state index contributed by atoms with van der Waals surface area (Å²) in [5.74, 6) is 0.120. The van der Waals surface area contributed by atoms with Gasteiger partial charge in [0.2, 0.25) is 0 Å². The van der Waals surface area contributed by atoms with Crippen molar-refractivity contribution in [2.45, 2.75) is 20.3 Å². The largest absolute Gasteiger partial charge is 0.493 e. The van der Waals surface area contributed by atoms with Crippen molar-refractivity contribution in [2.24, 2.45) is 11.8 Å². The fraction of sp³-hybridized carbons (Fsp3) is 0.435. The van der Waals surface area contributed by atoms with Crippen LogP contribution in [0.25, 0.3) is 0 Å². The summed E-state index contributed by atoms with van der Waals surface area (Å²) in [5.41, 5.74) is 0.402. The number of likely N-dealkylation sites (tertiary alicyclic amines) is 1. The third-order valence-corrected chi connectivity index (χ3v) is 6.12. The molecule has 1 aromatic heterocycles. The van der Waals surface area contributed by atoms with Gasteiger partial charge in [0.05, 0.1) is 30.3 Å². The highest BCUT2D eigenvalue weighted by Crippen LogP contribution is 2.37. The molecule has 0 spiro atoms. The molecule has 1 aliphatic rings. The average molecular weight is 461 g/mol. The van der Waals surface area contributed by atoms with Crippen molar-refractivity contribution in [2.75, 3.05) is 39.2 Å². The van der Waals surface area contributed by atoms with E-state index in [2.05, 4.69) is 19.2 Å². The molecule has 0 radical (unpaired) electrons. The van der Waals surface area contributed by atoms with Crippen molar-refractivity contribution in [1.29, 1.82) is 0 Å². The highest BCUT2D eigenvalue weighted by Gasteiger charge is 2.26. The number of methoxy groups -OCH3 is 2. The lowest BCUT2D eigenvalue weighted by Gasteiger charge is -2.34. The first-order chi connectivity index (χ1) is 15.3.